The normalized spacial score (nSPS) is 14.4. The molecular weight excluding hydrogens is 344 g/mol. The fourth-order valence-electron chi connectivity index (χ4n) is 3.17. The van der Waals surface area contributed by atoms with Crippen LogP contribution < -0.4 is 4.90 Å². The van der Waals surface area contributed by atoms with E-state index in [0.717, 1.165) is 17.2 Å². The van der Waals surface area contributed by atoms with Gasteiger partial charge >= 0.3 is 0 Å². The monoisotopic (exact) mass is 364 g/mol. The maximum absolute atomic E-state index is 12.4. The van der Waals surface area contributed by atoms with E-state index in [4.69, 9.17) is 0 Å². The highest BCUT2D eigenvalue weighted by molar-refractivity contribution is 5.92. The summed E-state index contributed by atoms with van der Waals surface area (Å²) in [6.45, 7) is 6.54. The van der Waals surface area contributed by atoms with Crippen LogP contribution in [0.15, 0.2) is 36.8 Å². The van der Waals surface area contributed by atoms with Crippen molar-refractivity contribution in [3.63, 3.8) is 0 Å². The van der Waals surface area contributed by atoms with E-state index in [-0.39, 0.29) is 5.91 Å². The standard InChI is InChI=1S/C18H20N8O/c1-13-11-14(2)26(23-13)17-4-3-16(21-22-17)24-7-9-25(10-8-24)18(27)15-12-19-5-6-20-15/h3-6,11-12H,7-10H2,1-2H3. The minimum Gasteiger partial charge on any atom is -0.352 e. The molecule has 4 heterocycles. The van der Waals surface area contributed by atoms with Crippen molar-refractivity contribution >= 4 is 11.7 Å². The Morgan fingerprint density at radius 3 is 2.33 bits per heavy atom. The van der Waals surface area contributed by atoms with E-state index < -0.39 is 0 Å². The minimum absolute atomic E-state index is 0.0892. The number of rotatable bonds is 3. The number of anilines is 1. The first-order chi connectivity index (χ1) is 13.1. The van der Waals surface area contributed by atoms with Gasteiger partial charge in [0.1, 0.15) is 5.69 Å². The number of piperazine rings is 1. The summed E-state index contributed by atoms with van der Waals surface area (Å²) in [5, 5.41) is 13.1. The Morgan fingerprint density at radius 2 is 1.74 bits per heavy atom. The van der Waals surface area contributed by atoms with Gasteiger partial charge in [-0.2, -0.15) is 5.10 Å². The molecule has 0 spiro atoms. The van der Waals surface area contributed by atoms with E-state index in [9.17, 15) is 4.79 Å². The van der Waals surface area contributed by atoms with Crippen molar-refractivity contribution in [1.29, 1.82) is 0 Å². The van der Waals surface area contributed by atoms with Crippen molar-refractivity contribution in [3.8, 4) is 5.82 Å². The van der Waals surface area contributed by atoms with Crippen LogP contribution in [0.25, 0.3) is 5.82 Å². The number of hydrogen-bond acceptors (Lipinski definition) is 7. The number of nitrogens with zero attached hydrogens (tertiary/aromatic N) is 8. The highest BCUT2D eigenvalue weighted by atomic mass is 16.2. The van der Waals surface area contributed by atoms with E-state index >= 15 is 0 Å². The Hall–Kier alpha value is -3.36. The maximum Gasteiger partial charge on any atom is 0.274 e. The third-order valence-electron chi connectivity index (χ3n) is 4.54. The molecule has 9 heteroatoms. The van der Waals surface area contributed by atoms with Crippen molar-refractivity contribution < 1.29 is 4.79 Å². The first kappa shape index (κ1) is 17.1. The van der Waals surface area contributed by atoms with Gasteiger partial charge in [0, 0.05) is 44.3 Å². The molecule has 0 aliphatic carbocycles. The van der Waals surface area contributed by atoms with Crippen LogP contribution in [0.4, 0.5) is 5.82 Å². The second-order valence-electron chi connectivity index (χ2n) is 6.46. The lowest BCUT2D eigenvalue weighted by Gasteiger charge is -2.34. The van der Waals surface area contributed by atoms with Crippen LogP contribution in [-0.2, 0) is 0 Å². The predicted octanol–water partition coefficient (Wildman–Crippen LogP) is 1.03. The van der Waals surface area contributed by atoms with Crippen LogP contribution in [0.1, 0.15) is 21.9 Å². The summed E-state index contributed by atoms with van der Waals surface area (Å²) in [6.07, 6.45) is 4.59. The van der Waals surface area contributed by atoms with Crippen molar-refractivity contribution in [2.45, 2.75) is 13.8 Å². The Bertz CT molecular complexity index is 930. The van der Waals surface area contributed by atoms with Gasteiger partial charge in [0.05, 0.1) is 11.9 Å². The van der Waals surface area contributed by atoms with Crippen LogP contribution in [0, 0.1) is 13.8 Å². The summed E-state index contributed by atoms with van der Waals surface area (Å²) in [4.78, 5) is 24.4. The largest absolute Gasteiger partial charge is 0.352 e. The van der Waals surface area contributed by atoms with Crippen molar-refractivity contribution in [1.82, 2.24) is 34.8 Å². The third kappa shape index (κ3) is 3.48. The van der Waals surface area contributed by atoms with E-state index in [1.54, 1.807) is 15.8 Å². The molecule has 1 amide bonds. The summed E-state index contributed by atoms with van der Waals surface area (Å²) >= 11 is 0. The molecule has 0 saturated carbocycles. The second-order valence-corrected chi connectivity index (χ2v) is 6.46. The minimum atomic E-state index is -0.0892. The number of carbonyl (C=O) groups excluding carboxylic acids is 1. The fourth-order valence-corrected chi connectivity index (χ4v) is 3.17. The Kier molecular flexibility index (Phi) is 4.49. The Balaban J connectivity index is 1.41. The molecule has 1 aliphatic heterocycles. The van der Waals surface area contributed by atoms with Crippen LogP contribution in [-0.4, -0.2) is 66.9 Å². The fraction of sp³-hybridized carbons (Fsp3) is 0.333. The quantitative estimate of drug-likeness (QED) is 0.685. The molecule has 138 valence electrons. The highest BCUT2D eigenvalue weighted by Crippen LogP contribution is 2.16. The van der Waals surface area contributed by atoms with Gasteiger partial charge in [0.2, 0.25) is 0 Å². The smallest absolute Gasteiger partial charge is 0.274 e. The summed E-state index contributed by atoms with van der Waals surface area (Å²) in [7, 11) is 0. The zero-order valence-electron chi connectivity index (χ0n) is 15.3. The molecule has 3 aromatic rings. The zero-order valence-corrected chi connectivity index (χ0v) is 15.3. The molecule has 9 nitrogen and oxygen atoms in total. The van der Waals surface area contributed by atoms with Gasteiger partial charge in [0.25, 0.3) is 5.91 Å². The second kappa shape index (κ2) is 7.10. The molecule has 0 aromatic carbocycles. The highest BCUT2D eigenvalue weighted by Gasteiger charge is 2.24. The van der Waals surface area contributed by atoms with Crippen molar-refractivity contribution in [2.24, 2.45) is 0 Å². The molecule has 1 fully saturated rings. The molecule has 0 atom stereocenters. The summed E-state index contributed by atoms with van der Waals surface area (Å²) in [5.74, 6) is 1.40. The van der Waals surface area contributed by atoms with Gasteiger partial charge in [-0.1, -0.05) is 0 Å². The van der Waals surface area contributed by atoms with Crippen LogP contribution >= 0.6 is 0 Å². The van der Waals surface area contributed by atoms with Gasteiger partial charge < -0.3 is 9.80 Å². The number of aromatic nitrogens is 6. The zero-order chi connectivity index (χ0) is 18.8. The van der Waals surface area contributed by atoms with Gasteiger partial charge in [-0.3, -0.25) is 9.78 Å². The number of carbonyl (C=O) groups is 1. The summed E-state index contributed by atoms with van der Waals surface area (Å²) < 4.78 is 1.78. The van der Waals surface area contributed by atoms with E-state index in [1.807, 2.05) is 32.0 Å². The number of aryl methyl sites for hydroxylation is 2. The molecule has 4 rings (SSSR count). The van der Waals surface area contributed by atoms with Crippen molar-refractivity contribution in [3.05, 3.63) is 53.9 Å². The lowest BCUT2D eigenvalue weighted by Crippen LogP contribution is -2.49. The van der Waals surface area contributed by atoms with Gasteiger partial charge in [-0.05, 0) is 32.0 Å². The summed E-state index contributed by atoms with van der Waals surface area (Å²) in [5.41, 5.74) is 2.34. The van der Waals surface area contributed by atoms with Crippen LogP contribution in [0.5, 0.6) is 0 Å². The molecule has 3 aromatic heterocycles. The predicted molar refractivity (Wildman–Crippen MR) is 98.8 cm³/mol. The molecule has 27 heavy (non-hydrogen) atoms. The Labute approximate surface area is 156 Å². The molecule has 0 radical (unpaired) electrons. The third-order valence-corrected chi connectivity index (χ3v) is 4.54. The molecule has 1 aliphatic rings. The lowest BCUT2D eigenvalue weighted by molar-refractivity contribution is 0.0740. The molecular formula is C18H20N8O. The lowest BCUT2D eigenvalue weighted by atomic mass is 10.2. The first-order valence-electron chi connectivity index (χ1n) is 8.79. The number of hydrogen-bond donors (Lipinski definition) is 0. The average Bonchev–Trinajstić information content (AvgIpc) is 3.06. The van der Waals surface area contributed by atoms with Crippen molar-refractivity contribution in [2.75, 3.05) is 31.1 Å². The first-order valence-corrected chi connectivity index (χ1v) is 8.79. The Morgan fingerprint density at radius 1 is 1.00 bits per heavy atom. The SMILES string of the molecule is Cc1cc(C)n(-c2ccc(N3CCN(C(=O)c4cnccn4)CC3)nn2)n1. The molecule has 0 bridgehead atoms. The molecule has 0 N–H and O–H groups in total. The topological polar surface area (TPSA) is 92.9 Å². The van der Waals surface area contributed by atoms with Crippen LogP contribution in [0.3, 0.4) is 0 Å². The average molecular weight is 364 g/mol. The van der Waals surface area contributed by atoms with Gasteiger partial charge in [-0.25, -0.2) is 9.67 Å². The van der Waals surface area contributed by atoms with Gasteiger partial charge in [-0.15, -0.1) is 10.2 Å². The van der Waals surface area contributed by atoms with E-state index in [2.05, 4.69) is 30.2 Å². The van der Waals surface area contributed by atoms with E-state index in [1.165, 1.54) is 12.4 Å². The molecule has 1 saturated heterocycles. The number of amides is 1. The maximum atomic E-state index is 12.4. The van der Waals surface area contributed by atoms with E-state index in [0.29, 0.717) is 37.7 Å². The summed E-state index contributed by atoms with van der Waals surface area (Å²) in [6, 6.07) is 5.86. The van der Waals surface area contributed by atoms with Gasteiger partial charge in [0.15, 0.2) is 11.6 Å². The molecule has 0 unspecified atom stereocenters. The van der Waals surface area contributed by atoms with Crippen LogP contribution in [0.2, 0.25) is 0 Å².